The number of ether oxygens (including phenoxy) is 2. The molecule has 1 amide bonds. The zero-order valence-electron chi connectivity index (χ0n) is 14.1. The molecule has 1 aliphatic heterocycles. The summed E-state index contributed by atoms with van der Waals surface area (Å²) < 4.78 is 37.9. The highest BCUT2D eigenvalue weighted by Crippen LogP contribution is 2.29. The quantitative estimate of drug-likeness (QED) is 0.645. The Kier molecular flexibility index (Phi) is 5.57. The first-order valence-corrected chi connectivity index (χ1v) is 9.77. The van der Waals surface area contributed by atoms with Crippen molar-refractivity contribution >= 4 is 21.6 Å². The van der Waals surface area contributed by atoms with Gasteiger partial charge in [0.05, 0.1) is 30.9 Å². The number of carbonyl (C=O) groups is 1. The van der Waals surface area contributed by atoms with Crippen molar-refractivity contribution in [1.82, 2.24) is 10.0 Å². The number of amides is 1. The monoisotopic (exact) mass is 369 g/mol. The van der Waals surface area contributed by atoms with Gasteiger partial charge in [0.2, 0.25) is 15.9 Å². The van der Waals surface area contributed by atoms with E-state index >= 15 is 0 Å². The van der Waals surface area contributed by atoms with E-state index in [0.29, 0.717) is 31.2 Å². The first-order valence-electron chi connectivity index (χ1n) is 8.29. The first-order chi connectivity index (χ1) is 12.0. The molecule has 0 aromatic heterocycles. The Morgan fingerprint density at radius 1 is 1.40 bits per heavy atom. The highest BCUT2D eigenvalue weighted by Gasteiger charge is 2.28. The molecule has 138 valence electrons. The number of nitrogens with one attached hydrogen (secondary N) is 3. The van der Waals surface area contributed by atoms with Gasteiger partial charge in [0, 0.05) is 25.0 Å². The minimum absolute atomic E-state index is 0.0162. The first kappa shape index (κ1) is 18.1. The largest absolute Gasteiger partial charge is 0.495 e. The predicted octanol–water partition coefficient (Wildman–Crippen LogP) is 0.453. The van der Waals surface area contributed by atoms with E-state index in [9.17, 15) is 13.2 Å². The molecule has 2 aliphatic rings. The molecule has 1 unspecified atom stereocenters. The van der Waals surface area contributed by atoms with Crippen LogP contribution in [0.25, 0.3) is 0 Å². The zero-order valence-corrected chi connectivity index (χ0v) is 14.9. The molecule has 8 nitrogen and oxygen atoms in total. The number of sulfonamides is 1. The molecule has 3 rings (SSSR count). The van der Waals surface area contributed by atoms with E-state index in [1.807, 2.05) is 0 Å². The van der Waals surface area contributed by atoms with E-state index in [4.69, 9.17) is 9.47 Å². The Labute approximate surface area is 147 Å². The summed E-state index contributed by atoms with van der Waals surface area (Å²) in [4.78, 5) is 12.4. The van der Waals surface area contributed by atoms with E-state index in [1.54, 1.807) is 6.07 Å². The van der Waals surface area contributed by atoms with Crippen molar-refractivity contribution in [2.45, 2.75) is 36.2 Å². The summed E-state index contributed by atoms with van der Waals surface area (Å²) in [7, 11) is -2.13. The van der Waals surface area contributed by atoms with E-state index in [1.165, 1.54) is 19.2 Å². The number of hydrogen-bond donors (Lipinski definition) is 3. The second-order valence-corrected chi connectivity index (χ2v) is 7.95. The molecule has 2 fully saturated rings. The van der Waals surface area contributed by atoms with Crippen LogP contribution in [0.3, 0.4) is 0 Å². The van der Waals surface area contributed by atoms with Gasteiger partial charge < -0.3 is 20.1 Å². The van der Waals surface area contributed by atoms with Gasteiger partial charge in [-0.05, 0) is 31.0 Å². The van der Waals surface area contributed by atoms with Crippen LogP contribution in [-0.2, 0) is 19.6 Å². The van der Waals surface area contributed by atoms with Gasteiger partial charge in [0.15, 0.2) is 0 Å². The van der Waals surface area contributed by atoms with Crippen LogP contribution in [0.1, 0.15) is 19.3 Å². The molecule has 3 N–H and O–H groups in total. The number of methoxy groups -OCH3 is 1. The van der Waals surface area contributed by atoms with Crippen molar-refractivity contribution in [2.24, 2.45) is 0 Å². The van der Waals surface area contributed by atoms with E-state index in [0.717, 1.165) is 12.8 Å². The second kappa shape index (κ2) is 7.69. The van der Waals surface area contributed by atoms with Crippen molar-refractivity contribution in [3.63, 3.8) is 0 Å². The minimum Gasteiger partial charge on any atom is -0.495 e. The maximum absolute atomic E-state index is 12.3. The minimum atomic E-state index is -3.60. The molecule has 25 heavy (non-hydrogen) atoms. The molecule has 0 bridgehead atoms. The molecule has 1 saturated carbocycles. The number of benzene rings is 1. The van der Waals surface area contributed by atoms with Crippen molar-refractivity contribution in [3.8, 4) is 5.75 Å². The van der Waals surface area contributed by atoms with Crippen molar-refractivity contribution in [3.05, 3.63) is 18.2 Å². The van der Waals surface area contributed by atoms with Gasteiger partial charge in [-0.25, -0.2) is 13.1 Å². The van der Waals surface area contributed by atoms with Gasteiger partial charge in [0.1, 0.15) is 5.75 Å². The third-order valence-electron chi connectivity index (χ3n) is 4.08. The summed E-state index contributed by atoms with van der Waals surface area (Å²) in [5.74, 6) is 0.178. The van der Waals surface area contributed by atoms with E-state index in [-0.39, 0.29) is 29.3 Å². The summed E-state index contributed by atoms with van der Waals surface area (Å²) in [5, 5.41) is 5.94. The highest BCUT2D eigenvalue weighted by atomic mass is 32.2. The fraction of sp³-hybridized carbons (Fsp3) is 0.562. The van der Waals surface area contributed by atoms with Gasteiger partial charge in [-0.2, -0.15) is 0 Å². The SMILES string of the molecule is COc1ccc(S(=O)(=O)NC2CC2)cc1NC(=O)CC1COCCN1. The highest BCUT2D eigenvalue weighted by molar-refractivity contribution is 7.89. The number of morpholine rings is 1. The molecule has 1 aromatic carbocycles. The lowest BCUT2D eigenvalue weighted by molar-refractivity contribution is -0.117. The number of hydrogen-bond acceptors (Lipinski definition) is 6. The summed E-state index contributed by atoms with van der Waals surface area (Å²) in [6.45, 7) is 1.83. The smallest absolute Gasteiger partial charge is 0.240 e. The summed E-state index contributed by atoms with van der Waals surface area (Å²) in [5.41, 5.74) is 0.336. The molecule has 1 heterocycles. The summed E-state index contributed by atoms with van der Waals surface area (Å²) >= 11 is 0. The molecule has 1 saturated heterocycles. The maximum atomic E-state index is 12.3. The maximum Gasteiger partial charge on any atom is 0.240 e. The molecule has 1 aliphatic carbocycles. The summed E-state index contributed by atoms with van der Waals surface area (Å²) in [6, 6.07) is 4.40. The van der Waals surface area contributed by atoms with Crippen LogP contribution in [0.15, 0.2) is 23.1 Å². The van der Waals surface area contributed by atoms with Crippen LogP contribution >= 0.6 is 0 Å². The van der Waals surface area contributed by atoms with Crippen LogP contribution in [0.4, 0.5) is 5.69 Å². The van der Waals surface area contributed by atoms with E-state index in [2.05, 4.69) is 15.4 Å². The Bertz CT molecular complexity index is 727. The number of rotatable bonds is 7. The Morgan fingerprint density at radius 3 is 2.84 bits per heavy atom. The van der Waals surface area contributed by atoms with E-state index < -0.39 is 10.0 Å². The fourth-order valence-corrected chi connectivity index (χ4v) is 3.95. The van der Waals surface area contributed by atoms with Gasteiger partial charge in [0.25, 0.3) is 0 Å². The van der Waals surface area contributed by atoms with Gasteiger partial charge in [-0.15, -0.1) is 0 Å². The molecular weight excluding hydrogens is 346 g/mol. The number of carbonyl (C=O) groups excluding carboxylic acids is 1. The molecule has 0 spiro atoms. The lowest BCUT2D eigenvalue weighted by Gasteiger charge is -2.23. The molecule has 9 heteroatoms. The predicted molar refractivity (Wildman–Crippen MR) is 92.2 cm³/mol. The zero-order chi connectivity index (χ0) is 17.9. The Balaban J connectivity index is 1.72. The van der Waals surface area contributed by atoms with Gasteiger partial charge >= 0.3 is 0 Å². The average Bonchev–Trinajstić information content (AvgIpc) is 3.39. The van der Waals surface area contributed by atoms with Crippen LogP contribution in [0.2, 0.25) is 0 Å². The Hall–Kier alpha value is -1.68. The van der Waals surface area contributed by atoms with Gasteiger partial charge in [-0.3, -0.25) is 4.79 Å². The van der Waals surface area contributed by atoms with Crippen LogP contribution in [0, 0.1) is 0 Å². The van der Waals surface area contributed by atoms with Crippen LogP contribution in [0.5, 0.6) is 5.75 Å². The topological polar surface area (TPSA) is 106 Å². The lowest BCUT2D eigenvalue weighted by atomic mass is 10.2. The van der Waals surface area contributed by atoms with Crippen molar-refractivity contribution in [1.29, 1.82) is 0 Å². The lowest BCUT2D eigenvalue weighted by Crippen LogP contribution is -2.43. The van der Waals surface area contributed by atoms with Crippen molar-refractivity contribution in [2.75, 3.05) is 32.2 Å². The third kappa shape index (κ3) is 4.91. The van der Waals surface area contributed by atoms with Crippen LogP contribution < -0.4 is 20.1 Å². The van der Waals surface area contributed by atoms with Gasteiger partial charge in [-0.1, -0.05) is 0 Å². The molecule has 1 atom stereocenters. The standard InChI is InChI=1S/C16H23N3O5S/c1-23-15-5-4-13(25(21,22)19-11-2-3-11)9-14(15)18-16(20)8-12-10-24-7-6-17-12/h4-5,9,11-12,17,19H,2-3,6-8,10H2,1H3,(H,18,20). The number of anilines is 1. The van der Waals surface area contributed by atoms with Crippen molar-refractivity contribution < 1.29 is 22.7 Å². The average molecular weight is 369 g/mol. The molecule has 1 aromatic rings. The normalized spacial score (nSPS) is 20.9. The Morgan fingerprint density at radius 2 is 2.20 bits per heavy atom. The van der Waals surface area contributed by atoms with Crippen LogP contribution in [-0.4, -0.2) is 53.3 Å². The fourth-order valence-electron chi connectivity index (χ4n) is 2.62. The third-order valence-corrected chi connectivity index (χ3v) is 5.60. The molecule has 0 radical (unpaired) electrons. The molecular formula is C16H23N3O5S. The second-order valence-electron chi connectivity index (χ2n) is 6.24. The summed E-state index contributed by atoms with van der Waals surface area (Å²) in [6.07, 6.45) is 1.95.